The number of nitrogens with zero attached hydrogens (tertiary/aromatic N) is 3. The maximum absolute atomic E-state index is 5.31. The van der Waals surface area contributed by atoms with Gasteiger partial charge in [0.1, 0.15) is 5.75 Å². The molecule has 1 atom stereocenters. The molecule has 0 aliphatic rings. The molecule has 1 unspecified atom stereocenters. The van der Waals surface area contributed by atoms with E-state index in [2.05, 4.69) is 46.6 Å². The van der Waals surface area contributed by atoms with E-state index in [0.29, 0.717) is 6.54 Å². The minimum absolute atomic E-state index is 0.203. The average molecular weight is 322 g/mol. The molecule has 3 rings (SSSR count). The number of ether oxygens (including phenoxy) is 1. The summed E-state index contributed by atoms with van der Waals surface area (Å²) in [5.41, 5.74) is 4.20. The van der Waals surface area contributed by atoms with Gasteiger partial charge in [-0.1, -0.05) is 12.1 Å². The molecule has 5 nitrogen and oxygen atoms in total. The van der Waals surface area contributed by atoms with Crippen LogP contribution in [0.15, 0.2) is 54.9 Å². The van der Waals surface area contributed by atoms with Gasteiger partial charge in [0.25, 0.3) is 0 Å². The molecule has 0 bridgehead atoms. The van der Waals surface area contributed by atoms with E-state index < -0.39 is 0 Å². The number of hydrogen-bond acceptors (Lipinski definition) is 4. The van der Waals surface area contributed by atoms with Crippen molar-refractivity contribution in [2.45, 2.75) is 26.4 Å². The van der Waals surface area contributed by atoms with E-state index in [9.17, 15) is 0 Å². The van der Waals surface area contributed by atoms with Crippen molar-refractivity contribution in [3.8, 4) is 11.4 Å². The van der Waals surface area contributed by atoms with Crippen molar-refractivity contribution < 1.29 is 4.74 Å². The Bertz CT molecular complexity index is 799. The largest absolute Gasteiger partial charge is 0.497 e. The highest BCUT2D eigenvalue weighted by Crippen LogP contribution is 2.18. The Balaban J connectivity index is 1.70. The van der Waals surface area contributed by atoms with Crippen molar-refractivity contribution in [2.75, 3.05) is 7.11 Å². The summed E-state index contributed by atoms with van der Waals surface area (Å²) < 4.78 is 7.17. The van der Waals surface area contributed by atoms with Crippen molar-refractivity contribution in [3.05, 3.63) is 71.8 Å². The summed E-state index contributed by atoms with van der Waals surface area (Å²) in [5.74, 6) is 0.840. The van der Waals surface area contributed by atoms with Crippen LogP contribution in [-0.4, -0.2) is 21.9 Å². The van der Waals surface area contributed by atoms with Crippen LogP contribution >= 0.6 is 0 Å². The molecule has 2 heterocycles. The van der Waals surface area contributed by atoms with Crippen LogP contribution in [0.5, 0.6) is 5.75 Å². The van der Waals surface area contributed by atoms with Crippen LogP contribution < -0.4 is 10.1 Å². The highest BCUT2D eigenvalue weighted by Gasteiger charge is 2.08. The van der Waals surface area contributed by atoms with Gasteiger partial charge >= 0.3 is 0 Å². The zero-order valence-electron chi connectivity index (χ0n) is 14.2. The Morgan fingerprint density at radius 2 is 2.08 bits per heavy atom. The van der Waals surface area contributed by atoms with Crippen molar-refractivity contribution in [1.82, 2.24) is 20.1 Å². The quantitative estimate of drug-likeness (QED) is 0.755. The Hall–Kier alpha value is -2.66. The fourth-order valence-electron chi connectivity index (χ4n) is 2.64. The Morgan fingerprint density at radius 1 is 1.21 bits per heavy atom. The van der Waals surface area contributed by atoms with Crippen LogP contribution in [0, 0.1) is 6.92 Å². The van der Waals surface area contributed by atoms with Crippen molar-refractivity contribution in [1.29, 1.82) is 0 Å². The molecule has 3 aromatic rings. The molecule has 124 valence electrons. The SMILES string of the molecule is COc1cc(C)nc(CNC(C)c2cccc(-n3cccn3)c2)c1. The first-order valence-electron chi connectivity index (χ1n) is 8.00. The maximum atomic E-state index is 5.31. The number of rotatable bonds is 6. The van der Waals surface area contributed by atoms with E-state index in [1.807, 2.05) is 36.0 Å². The molecule has 0 spiro atoms. The van der Waals surface area contributed by atoms with E-state index in [-0.39, 0.29) is 6.04 Å². The predicted molar refractivity (Wildman–Crippen MR) is 94.3 cm³/mol. The van der Waals surface area contributed by atoms with Gasteiger partial charge in [-0.15, -0.1) is 0 Å². The highest BCUT2D eigenvalue weighted by molar-refractivity contribution is 5.36. The summed E-state index contributed by atoms with van der Waals surface area (Å²) in [6, 6.07) is 14.4. The summed E-state index contributed by atoms with van der Waals surface area (Å²) in [5, 5.41) is 7.80. The normalized spacial score (nSPS) is 12.1. The third-order valence-electron chi connectivity index (χ3n) is 3.94. The van der Waals surface area contributed by atoms with Crippen LogP contribution in [0.25, 0.3) is 5.69 Å². The number of hydrogen-bond donors (Lipinski definition) is 1. The molecule has 0 fully saturated rings. The smallest absolute Gasteiger partial charge is 0.122 e. The second-order valence-corrected chi connectivity index (χ2v) is 5.79. The van der Waals surface area contributed by atoms with Gasteiger partial charge in [0.05, 0.1) is 18.5 Å². The van der Waals surface area contributed by atoms with Gasteiger partial charge < -0.3 is 10.1 Å². The lowest BCUT2D eigenvalue weighted by molar-refractivity contribution is 0.412. The lowest BCUT2D eigenvalue weighted by atomic mass is 10.1. The molecular weight excluding hydrogens is 300 g/mol. The van der Waals surface area contributed by atoms with Gasteiger partial charge in [-0.2, -0.15) is 5.10 Å². The topological polar surface area (TPSA) is 52.0 Å². The minimum Gasteiger partial charge on any atom is -0.497 e. The number of pyridine rings is 1. The molecule has 1 aromatic carbocycles. The molecule has 2 aromatic heterocycles. The van der Waals surface area contributed by atoms with Crippen molar-refractivity contribution in [2.24, 2.45) is 0 Å². The fourth-order valence-corrected chi connectivity index (χ4v) is 2.64. The number of nitrogens with one attached hydrogen (secondary N) is 1. The van der Waals surface area contributed by atoms with E-state index in [1.54, 1.807) is 13.3 Å². The van der Waals surface area contributed by atoms with E-state index in [0.717, 1.165) is 22.8 Å². The Kier molecular flexibility index (Phi) is 4.91. The van der Waals surface area contributed by atoms with E-state index in [4.69, 9.17) is 4.74 Å². The van der Waals surface area contributed by atoms with Crippen LogP contribution in [0.4, 0.5) is 0 Å². The number of methoxy groups -OCH3 is 1. The summed E-state index contributed by atoms with van der Waals surface area (Å²) in [6.45, 7) is 4.81. The summed E-state index contributed by atoms with van der Waals surface area (Å²) in [6.07, 6.45) is 3.73. The third kappa shape index (κ3) is 3.81. The molecule has 1 N–H and O–H groups in total. The van der Waals surface area contributed by atoms with Crippen molar-refractivity contribution >= 4 is 0 Å². The molecule has 5 heteroatoms. The zero-order chi connectivity index (χ0) is 16.9. The van der Waals surface area contributed by atoms with Gasteiger partial charge in [-0.25, -0.2) is 4.68 Å². The monoisotopic (exact) mass is 322 g/mol. The lowest BCUT2D eigenvalue weighted by Crippen LogP contribution is -2.19. The first-order chi connectivity index (χ1) is 11.7. The molecule has 0 aliphatic heterocycles. The van der Waals surface area contributed by atoms with Gasteiger partial charge in [0.15, 0.2) is 0 Å². The van der Waals surface area contributed by atoms with Crippen LogP contribution in [0.3, 0.4) is 0 Å². The van der Waals surface area contributed by atoms with E-state index in [1.165, 1.54) is 5.56 Å². The maximum Gasteiger partial charge on any atom is 0.122 e. The van der Waals surface area contributed by atoms with Crippen LogP contribution in [0.2, 0.25) is 0 Å². The first-order valence-corrected chi connectivity index (χ1v) is 8.00. The van der Waals surface area contributed by atoms with Gasteiger partial charge in [0.2, 0.25) is 0 Å². The predicted octanol–water partition coefficient (Wildman–Crippen LogP) is 3.44. The third-order valence-corrected chi connectivity index (χ3v) is 3.94. The number of benzene rings is 1. The molecular formula is C19H22N4O. The van der Waals surface area contributed by atoms with Gasteiger partial charge in [-0.05, 0) is 37.6 Å². The molecule has 0 saturated heterocycles. The van der Waals surface area contributed by atoms with E-state index >= 15 is 0 Å². The number of aryl methyl sites for hydroxylation is 1. The molecule has 0 radical (unpaired) electrons. The molecule has 0 amide bonds. The first kappa shape index (κ1) is 16.2. The Morgan fingerprint density at radius 3 is 2.83 bits per heavy atom. The summed E-state index contributed by atoms with van der Waals surface area (Å²) in [4.78, 5) is 4.55. The summed E-state index contributed by atoms with van der Waals surface area (Å²) >= 11 is 0. The fraction of sp³-hybridized carbons (Fsp3) is 0.263. The standard InChI is InChI=1S/C19H22N4O/c1-14-10-19(24-3)12-17(22-14)13-20-15(2)16-6-4-7-18(11-16)23-9-5-8-21-23/h4-12,15,20H,13H2,1-3H3. The van der Waals surface area contributed by atoms with Gasteiger partial charge in [0, 0.05) is 42.8 Å². The second-order valence-electron chi connectivity index (χ2n) is 5.79. The average Bonchev–Trinajstić information content (AvgIpc) is 3.14. The number of aromatic nitrogens is 3. The Labute approximate surface area is 142 Å². The van der Waals surface area contributed by atoms with Crippen LogP contribution in [-0.2, 0) is 6.54 Å². The highest BCUT2D eigenvalue weighted by atomic mass is 16.5. The lowest BCUT2D eigenvalue weighted by Gasteiger charge is -2.16. The summed E-state index contributed by atoms with van der Waals surface area (Å²) in [7, 11) is 1.68. The molecule has 0 aliphatic carbocycles. The van der Waals surface area contributed by atoms with Crippen molar-refractivity contribution in [3.63, 3.8) is 0 Å². The van der Waals surface area contributed by atoms with Gasteiger partial charge in [-0.3, -0.25) is 4.98 Å². The minimum atomic E-state index is 0.203. The zero-order valence-corrected chi connectivity index (χ0v) is 14.2. The second kappa shape index (κ2) is 7.27. The van der Waals surface area contributed by atoms with Crippen LogP contribution in [0.1, 0.15) is 29.9 Å². The molecule has 24 heavy (non-hydrogen) atoms. The molecule has 0 saturated carbocycles.